The summed E-state index contributed by atoms with van der Waals surface area (Å²) in [5.41, 5.74) is 4.46. The Kier molecular flexibility index (Phi) is 10.1. The Labute approximate surface area is 210 Å². The monoisotopic (exact) mass is 467 g/mol. The number of nitrogens with zero attached hydrogens (tertiary/aromatic N) is 3. The van der Waals surface area contributed by atoms with Crippen molar-refractivity contribution in [1.29, 1.82) is 5.26 Å². The maximum absolute atomic E-state index is 8.84. The molecule has 0 radical (unpaired) electrons. The number of allylic oxidation sites excluding steroid dienone is 2. The van der Waals surface area contributed by atoms with Crippen molar-refractivity contribution < 1.29 is 7.59 Å². The molecule has 2 heterocycles. The molecule has 0 unspecified atom stereocenters. The molecule has 180 valence electrons. The summed E-state index contributed by atoms with van der Waals surface area (Å²) in [5, 5.41) is 15.6. The predicted molar refractivity (Wildman–Crippen MR) is 147 cm³/mol. The number of nitriles is 1. The van der Waals surface area contributed by atoms with E-state index in [0.29, 0.717) is 18.0 Å². The van der Waals surface area contributed by atoms with Crippen molar-refractivity contribution in [3.05, 3.63) is 95.7 Å². The second kappa shape index (κ2) is 14.0. The molecule has 0 fully saturated rings. The summed E-state index contributed by atoms with van der Waals surface area (Å²) < 4.78 is 6.00. The number of nitrogens with one attached hydrogen (secondary N) is 2. The number of hydrogen-bond donors (Lipinski definition) is 2. The van der Waals surface area contributed by atoms with Crippen LogP contribution < -0.4 is 15.4 Å². The van der Waals surface area contributed by atoms with Gasteiger partial charge in [0.2, 0.25) is 5.88 Å². The Morgan fingerprint density at radius 2 is 1.97 bits per heavy atom. The van der Waals surface area contributed by atoms with Crippen LogP contribution in [0.4, 0.5) is 5.69 Å². The zero-order valence-corrected chi connectivity index (χ0v) is 19.8. The minimum absolute atomic E-state index is 0. The van der Waals surface area contributed by atoms with E-state index in [1.807, 2.05) is 66.7 Å². The fourth-order valence-corrected chi connectivity index (χ4v) is 3.42. The predicted octanol–water partition coefficient (Wildman–Crippen LogP) is 4.85. The zero-order chi connectivity index (χ0) is 24.7. The summed E-state index contributed by atoms with van der Waals surface area (Å²) in [6.45, 7) is 2.25. The van der Waals surface area contributed by atoms with Crippen LogP contribution in [0, 0.1) is 23.7 Å². The van der Waals surface area contributed by atoms with Crippen molar-refractivity contribution >= 4 is 17.5 Å². The standard InChI is InChI=1S/C23H23N5O.C6H6.2H2/c1-3-4-19(13-25-2)20-11-22-23(28-14-20)29-21(16-27-22)15-26-10-9-17-5-7-18(12-24)8-6-17;1-2-4-6-5-3-1;;/h1,4-8,11,13-14,21,26-27H,9-10,15-16H2,2H3;1-6H;2*1H/b19-4+,25-13?;;;/t21-;;;/m1.../s1. The minimum atomic E-state index is -0.000241. The van der Waals surface area contributed by atoms with Gasteiger partial charge in [-0.2, -0.15) is 5.26 Å². The van der Waals surface area contributed by atoms with E-state index in [-0.39, 0.29) is 8.96 Å². The third kappa shape index (κ3) is 8.16. The maximum atomic E-state index is 8.84. The van der Waals surface area contributed by atoms with Gasteiger partial charge in [-0.15, -0.1) is 6.42 Å². The van der Waals surface area contributed by atoms with Gasteiger partial charge >= 0.3 is 0 Å². The Morgan fingerprint density at radius 3 is 2.60 bits per heavy atom. The van der Waals surface area contributed by atoms with E-state index >= 15 is 0 Å². The van der Waals surface area contributed by atoms with Crippen LogP contribution in [0.1, 0.15) is 19.5 Å². The fraction of sp³-hybridized carbons (Fsp3) is 0.207. The van der Waals surface area contributed by atoms with Crippen molar-refractivity contribution in [3.63, 3.8) is 0 Å². The van der Waals surface area contributed by atoms with Crippen molar-refractivity contribution in [2.75, 3.05) is 32.0 Å². The minimum Gasteiger partial charge on any atom is -0.470 e. The Hall–Kier alpha value is -4.39. The first-order valence-electron chi connectivity index (χ1n) is 11.4. The summed E-state index contributed by atoms with van der Waals surface area (Å²) in [6, 6.07) is 23.8. The van der Waals surface area contributed by atoms with E-state index < -0.39 is 0 Å². The molecular weight excluding hydrogens is 434 g/mol. The molecular formula is C29H33N5O. The third-order valence-corrected chi connectivity index (χ3v) is 5.20. The van der Waals surface area contributed by atoms with Crippen LogP contribution in [0.15, 0.2) is 84.0 Å². The summed E-state index contributed by atoms with van der Waals surface area (Å²) in [4.78, 5) is 8.47. The van der Waals surface area contributed by atoms with Crippen LogP contribution >= 0.6 is 0 Å². The van der Waals surface area contributed by atoms with E-state index in [0.717, 1.165) is 36.3 Å². The average Bonchev–Trinajstić information content (AvgIpc) is 2.92. The maximum Gasteiger partial charge on any atom is 0.237 e. The molecule has 0 amide bonds. The first kappa shape index (κ1) is 25.2. The van der Waals surface area contributed by atoms with Gasteiger partial charge in [0.25, 0.3) is 0 Å². The Bertz CT molecular complexity index is 1190. The fourth-order valence-electron chi connectivity index (χ4n) is 3.42. The molecule has 35 heavy (non-hydrogen) atoms. The van der Waals surface area contributed by atoms with Crippen LogP contribution in [0.3, 0.4) is 0 Å². The number of hydrogen-bond acceptors (Lipinski definition) is 6. The highest BCUT2D eigenvalue weighted by molar-refractivity contribution is 6.10. The molecule has 1 atom stereocenters. The van der Waals surface area contributed by atoms with Gasteiger partial charge < -0.3 is 15.4 Å². The lowest BCUT2D eigenvalue weighted by Gasteiger charge is -2.27. The summed E-state index contributed by atoms with van der Waals surface area (Å²) in [7, 11) is 1.70. The van der Waals surface area contributed by atoms with E-state index in [2.05, 4.69) is 32.6 Å². The molecule has 2 N–H and O–H groups in total. The van der Waals surface area contributed by atoms with Gasteiger partial charge in [-0.1, -0.05) is 54.5 Å². The largest absolute Gasteiger partial charge is 0.470 e. The quantitative estimate of drug-likeness (QED) is 0.295. The number of pyridine rings is 1. The number of rotatable bonds is 7. The normalized spacial score (nSPS) is 14.4. The molecule has 1 aliphatic rings. The van der Waals surface area contributed by atoms with Crippen molar-refractivity contribution in [2.24, 2.45) is 4.99 Å². The zero-order valence-electron chi connectivity index (χ0n) is 19.8. The molecule has 0 bridgehead atoms. The summed E-state index contributed by atoms with van der Waals surface area (Å²) in [5.74, 6) is 3.12. The van der Waals surface area contributed by atoms with Gasteiger partial charge in [0.05, 0.1) is 23.9 Å². The highest BCUT2D eigenvalue weighted by atomic mass is 16.5. The molecule has 0 saturated carbocycles. The summed E-state index contributed by atoms with van der Waals surface area (Å²) in [6.07, 6.45) is 11.4. The first-order chi connectivity index (χ1) is 17.2. The van der Waals surface area contributed by atoms with Gasteiger partial charge in [-0.05, 0) is 42.8 Å². The van der Waals surface area contributed by atoms with Gasteiger partial charge in [0, 0.05) is 40.0 Å². The number of fused-ring (bicyclic) bond motifs is 1. The highest BCUT2D eigenvalue weighted by Crippen LogP contribution is 2.29. The number of ether oxygens (including phenoxy) is 1. The van der Waals surface area contributed by atoms with Gasteiger partial charge in [-0.25, -0.2) is 4.98 Å². The lowest BCUT2D eigenvalue weighted by molar-refractivity contribution is 0.194. The lowest BCUT2D eigenvalue weighted by Crippen LogP contribution is -2.40. The molecule has 6 nitrogen and oxygen atoms in total. The number of aliphatic imine (C=N–C) groups is 1. The van der Waals surface area contributed by atoms with Crippen LogP contribution in [0.25, 0.3) is 5.57 Å². The molecule has 3 aromatic rings. The van der Waals surface area contributed by atoms with E-state index in [1.54, 1.807) is 25.5 Å². The van der Waals surface area contributed by atoms with Crippen LogP contribution in [-0.4, -0.2) is 44.0 Å². The van der Waals surface area contributed by atoms with Gasteiger partial charge in [0.15, 0.2) is 0 Å². The SMILES string of the molecule is C#C/C=C(\C=NC)c1cnc2c(c1)NC[C@@H](CNCCc1ccc(C#N)cc1)O2.[HH].[HH].c1ccccc1. The van der Waals surface area contributed by atoms with E-state index in [1.165, 1.54) is 5.56 Å². The molecule has 2 aromatic carbocycles. The lowest BCUT2D eigenvalue weighted by atomic mass is 10.1. The number of benzene rings is 2. The topological polar surface area (TPSA) is 82.3 Å². The van der Waals surface area contributed by atoms with Crippen molar-refractivity contribution in [3.8, 4) is 24.3 Å². The molecule has 4 rings (SSSR count). The molecule has 1 aliphatic heterocycles. The number of aromatic nitrogens is 1. The number of anilines is 1. The molecule has 0 saturated heterocycles. The van der Waals surface area contributed by atoms with E-state index in [9.17, 15) is 0 Å². The van der Waals surface area contributed by atoms with Crippen LogP contribution in [0.2, 0.25) is 0 Å². The van der Waals surface area contributed by atoms with E-state index in [4.69, 9.17) is 16.4 Å². The third-order valence-electron chi connectivity index (χ3n) is 5.20. The van der Waals surface area contributed by atoms with Gasteiger partial charge in [-0.3, -0.25) is 4.99 Å². The number of terminal acetylenes is 1. The summed E-state index contributed by atoms with van der Waals surface area (Å²) >= 11 is 0. The van der Waals surface area contributed by atoms with Crippen LogP contribution in [0.5, 0.6) is 5.88 Å². The Morgan fingerprint density at radius 1 is 1.26 bits per heavy atom. The first-order valence-corrected chi connectivity index (χ1v) is 11.4. The van der Waals surface area contributed by atoms with Crippen LogP contribution in [-0.2, 0) is 6.42 Å². The van der Waals surface area contributed by atoms with Gasteiger partial charge in [0.1, 0.15) is 6.10 Å². The van der Waals surface area contributed by atoms with Crippen molar-refractivity contribution in [2.45, 2.75) is 12.5 Å². The molecule has 0 aliphatic carbocycles. The Balaban J connectivity index is 0.000000753. The molecule has 6 heteroatoms. The smallest absolute Gasteiger partial charge is 0.237 e. The molecule has 1 aromatic heterocycles. The molecule has 0 spiro atoms. The highest BCUT2D eigenvalue weighted by Gasteiger charge is 2.20. The second-order valence-electron chi connectivity index (χ2n) is 7.77. The second-order valence-corrected chi connectivity index (χ2v) is 7.77. The van der Waals surface area contributed by atoms with Crippen molar-refractivity contribution in [1.82, 2.24) is 10.3 Å². The average molecular weight is 468 g/mol.